The Balaban J connectivity index is 1.96. The van der Waals surface area contributed by atoms with E-state index in [1.165, 1.54) is 25.5 Å². The molecule has 0 amide bonds. The lowest BCUT2D eigenvalue weighted by Crippen LogP contribution is -2.32. The Morgan fingerprint density at radius 1 is 1.28 bits per heavy atom. The quantitative estimate of drug-likeness (QED) is 0.721. The standard InChI is InChI=1S/C14H19NO3/c1-17-13-7-3-11(4-8-13)9-15(12-5-6-12)10-14(16)18-2/h3-4,7-8,12H,5-6,9-10H2,1-2H3. The molecule has 0 N–H and O–H groups in total. The van der Waals surface area contributed by atoms with Gasteiger partial charge in [-0.3, -0.25) is 9.69 Å². The molecule has 1 saturated carbocycles. The van der Waals surface area contributed by atoms with Crippen molar-refractivity contribution in [2.45, 2.75) is 25.4 Å². The van der Waals surface area contributed by atoms with Crippen LogP contribution >= 0.6 is 0 Å². The zero-order chi connectivity index (χ0) is 13.0. The van der Waals surface area contributed by atoms with Crippen molar-refractivity contribution in [3.8, 4) is 5.75 Å². The number of ether oxygens (including phenoxy) is 2. The van der Waals surface area contributed by atoms with Gasteiger partial charge in [-0.25, -0.2) is 0 Å². The first kappa shape index (κ1) is 12.9. The van der Waals surface area contributed by atoms with E-state index in [1.807, 2.05) is 24.3 Å². The Bertz CT molecular complexity index is 398. The minimum Gasteiger partial charge on any atom is -0.497 e. The van der Waals surface area contributed by atoms with Gasteiger partial charge in [0.2, 0.25) is 0 Å². The highest BCUT2D eigenvalue weighted by atomic mass is 16.5. The molecule has 4 nitrogen and oxygen atoms in total. The number of hydrogen-bond acceptors (Lipinski definition) is 4. The maximum atomic E-state index is 11.4. The second-order valence-corrected chi connectivity index (χ2v) is 4.56. The Morgan fingerprint density at radius 3 is 2.44 bits per heavy atom. The molecular weight excluding hydrogens is 230 g/mol. The number of carbonyl (C=O) groups is 1. The number of hydrogen-bond donors (Lipinski definition) is 0. The predicted octanol–water partition coefficient (Wildman–Crippen LogP) is 1.83. The Morgan fingerprint density at radius 2 is 1.94 bits per heavy atom. The second kappa shape index (κ2) is 5.87. The van der Waals surface area contributed by atoms with Crippen molar-refractivity contribution in [2.75, 3.05) is 20.8 Å². The summed E-state index contributed by atoms with van der Waals surface area (Å²) in [7, 11) is 3.09. The molecule has 0 spiro atoms. The molecule has 4 heteroatoms. The van der Waals surface area contributed by atoms with E-state index in [1.54, 1.807) is 7.11 Å². The topological polar surface area (TPSA) is 38.8 Å². The SMILES string of the molecule is COC(=O)CN(Cc1ccc(OC)cc1)C1CC1. The monoisotopic (exact) mass is 249 g/mol. The highest BCUT2D eigenvalue weighted by Crippen LogP contribution is 2.28. The van der Waals surface area contributed by atoms with Gasteiger partial charge in [0.05, 0.1) is 20.8 Å². The molecule has 0 unspecified atom stereocenters. The molecule has 98 valence electrons. The lowest BCUT2D eigenvalue weighted by molar-refractivity contribution is -0.142. The number of nitrogens with zero attached hydrogens (tertiary/aromatic N) is 1. The molecule has 1 fully saturated rings. The Kier molecular flexibility index (Phi) is 4.20. The van der Waals surface area contributed by atoms with Crippen LogP contribution in [0.1, 0.15) is 18.4 Å². The van der Waals surface area contributed by atoms with Crippen LogP contribution in [0, 0.1) is 0 Å². The van der Waals surface area contributed by atoms with Crippen molar-refractivity contribution in [3.05, 3.63) is 29.8 Å². The van der Waals surface area contributed by atoms with Gasteiger partial charge in [0.15, 0.2) is 0 Å². The summed E-state index contributed by atoms with van der Waals surface area (Å²) >= 11 is 0. The first-order valence-corrected chi connectivity index (χ1v) is 6.16. The van der Waals surface area contributed by atoms with Crippen molar-refractivity contribution in [3.63, 3.8) is 0 Å². The molecule has 0 aliphatic heterocycles. The van der Waals surface area contributed by atoms with E-state index in [2.05, 4.69) is 4.90 Å². The summed E-state index contributed by atoms with van der Waals surface area (Å²) in [5.41, 5.74) is 1.19. The number of benzene rings is 1. The van der Waals surface area contributed by atoms with Gasteiger partial charge >= 0.3 is 5.97 Å². The molecule has 0 heterocycles. The van der Waals surface area contributed by atoms with E-state index in [9.17, 15) is 4.79 Å². The molecule has 18 heavy (non-hydrogen) atoms. The summed E-state index contributed by atoms with van der Waals surface area (Å²) in [5.74, 6) is 0.681. The third-order valence-electron chi connectivity index (χ3n) is 3.17. The van der Waals surface area contributed by atoms with Crippen LogP contribution in [0.4, 0.5) is 0 Å². The van der Waals surface area contributed by atoms with Crippen LogP contribution in [0.25, 0.3) is 0 Å². The lowest BCUT2D eigenvalue weighted by Gasteiger charge is -2.20. The molecule has 2 rings (SSSR count). The smallest absolute Gasteiger partial charge is 0.319 e. The van der Waals surface area contributed by atoms with Gasteiger partial charge < -0.3 is 9.47 Å². The van der Waals surface area contributed by atoms with Gasteiger partial charge in [0, 0.05) is 12.6 Å². The fourth-order valence-electron chi connectivity index (χ4n) is 1.95. The summed E-state index contributed by atoms with van der Waals surface area (Å²) in [6.45, 7) is 1.15. The number of carbonyl (C=O) groups excluding carboxylic acids is 1. The van der Waals surface area contributed by atoms with Crippen LogP contribution in [0.15, 0.2) is 24.3 Å². The molecule has 1 aliphatic rings. The normalized spacial score (nSPS) is 14.6. The predicted molar refractivity (Wildman–Crippen MR) is 68.4 cm³/mol. The summed E-state index contributed by atoms with van der Waals surface area (Å²) in [6.07, 6.45) is 2.35. The average molecular weight is 249 g/mol. The molecule has 0 atom stereocenters. The summed E-state index contributed by atoms with van der Waals surface area (Å²) in [4.78, 5) is 13.5. The van der Waals surface area contributed by atoms with Crippen LogP contribution in [0.3, 0.4) is 0 Å². The van der Waals surface area contributed by atoms with Gasteiger partial charge in [0.1, 0.15) is 5.75 Å². The van der Waals surface area contributed by atoms with Gasteiger partial charge in [-0.1, -0.05) is 12.1 Å². The summed E-state index contributed by atoms with van der Waals surface area (Å²) < 4.78 is 9.86. The third kappa shape index (κ3) is 3.47. The fourth-order valence-corrected chi connectivity index (χ4v) is 1.95. The number of methoxy groups -OCH3 is 2. The Labute approximate surface area is 107 Å². The van der Waals surface area contributed by atoms with Crippen molar-refractivity contribution in [1.82, 2.24) is 4.90 Å². The maximum Gasteiger partial charge on any atom is 0.319 e. The summed E-state index contributed by atoms with van der Waals surface area (Å²) in [6, 6.07) is 8.49. The number of esters is 1. The van der Waals surface area contributed by atoms with Crippen molar-refractivity contribution >= 4 is 5.97 Å². The fraction of sp³-hybridized carbons (Fsp3) is 0.500. The molecule has 1 aliphatic carbocycles. The largest absolute Gasteiger partial charge is 0.497 e. The minimum absolute atomic E-state index is 0.171. The zero-order valence-corrected chi connectivity index (χ0v) is 10.9. The molecule has 0 saturated heterocycles. The lowest BCUT2D eigenvalue weighted by atomic mass is 10.2. The molecule has 1 aromatic carbocycles. The minimum atomic E-state index is -0.171. The maximum absolute atomic E-state index is 11.4. The van der Waals surface area contributed by atoms with Gasteiger partial charge in [0.25, 0.3) is 0 Å². The highest BCUT2D eigenvalue weighted by molar-refractivity contribution is 5.71. The van der Waals surface area contributed by atoms with E-state index in [0.717, 1.165) is 12.3 Å². The summed E-state index contributed by atoms with van der Waals surface area (Å²) in [5, 5.41) is 0. The third-order valence-corrected chi connectivity index (χ3v) is 3.17. The van der Waals surface area contributed by atoms with E-state index in [4.69, 9.17) is 9.47 Å². The zero-order valence-electron chi connectivity index (χ0n) is 10.9. The van der Waals surface area contributed by atoms with Crippen molar-refractivity contribution < 1.29 is 14.3 Å². The van der Waals surface area contributed by atoms with Crippen LogP contribution in [0.5, 0.6) is 5.75 Å². The van der Waals surface area contributed by atoms with Crippen LogP contribution in [-0.2, 0) is 16.1 Å². The van der Waals surface area contributed by atoms with Crippen molar-refractivity contribution in [1.29, 1.82) is 0 Å². The van der Waals surface area contributed by atoms with E-state index >= 15 is 0 Å². The first-order valence-electron chi connectivity index (χ1n) is 6.16. The van der Waals surface area contributed by atoms with E-state index < -0.39 is 0 Å². The van der Waals surface area contributed by atoms with Gasteiger partial charge in [-0.05, 0) is 30.5 Å². The highest BCUT2D eigenvalue weighted by Gasteiger charge is 2.30. The molecule has 0 aromatic heterocycles. The van der Waals surface area contributed by atoms with Crippen LogP contribution in [-0.4, -0.2) is 37.7 Å². The van der Waals surface area contributed by atoms with Crippen LogP contribution < -0.4 is 4.74 Å². The average Bonchev–Trinajstić information content (AvgIpc) is 3.23. The van der Waals surface area contributed by atoms with Gasteiger partial charge in [-0.15, -0.1) is 0 Å². The second-order valence-electron chi connectivity index (χ2n) is 4.56. The number of rotatable bonds is 6. The Hall–Kier alpha value is -1.55. The van der Waals surface area contributed by atoms with Crippen molar-refractivity contribution in [2.24, 2.45) is 0 Å². The van der Waals surface area contributed by atoms with Gasteiger partial charge in [-0.2, -0.15) is 0 Å². The molecule has 0 radical (unpaired) electrons. The first-order chi connectivity index (χ1) is 8.72. The van der Waals surface area contributed by atoms with E-state index in [-0.39, 0.29) is 5.97 Å². The molecule has 1 aromatic rings. The van der Waals surface area contributed by atoms with E-state index in [0.29, 0.717) is 12.6 Å². The molecular formula is C14H19NO3. The molecule has 0 bridgehead atoms. The van der Waals surface area contributed by atoms with Crippen LogP contribution in [0.2, 0.25) is 0 Å².